The van der Waals surface area contributed by atoms with Crippen molar-refractivity contribution in [1.29, 1.82) is 0 Å². The molecule has 32 heavy (non-hydrogen) atoms. The van der Waals surface area contributed by atoms with Gasteiger partial charge in [-0.05, 0) is 25.0 Å². The van der Waals surface area contributed by atoms with E-state index in [1.165, 1.54) is 7.11 Å². The zero-order chi connectivity index (χ0) is 22.8. The third-order valence-electron chi connectivity index (χ3n) is 5.55. The smallest absolute Gasteiger partial charge is 0.341 e. The minimum atomic E-state index is -0.487. The largest absolute Gasteiger partial charge is 0.465 e. The van der Waals surface area contributed by atoms with Gasteiger partial charge < -0.3 is 29.1 Å². The number of imidazole rings is 1. The van der Waals surface area contributed by atoms with Gasteiger partial charge in [-0.15, -0.1) is 0 Å². The van der Waals surface area contributed by atoms with Gasteiger partial charge in [0.2, 0.25) is 0 Å². The lowest BCUT2D eigenvalue weighted by molar-refractivity contribution is 0.0530. The number of anilines is 1. The molecule has 0 aliphatic carbocycles. The molecule has 2 aromatic heterocycles. The molecule has 10 nitrogen and oxygen atoms in total. The zero-order valence-corrected chi connectivity index (χ0v) is 18.7. The van der Waals surface area contributed by atoms with E-state index in [2.05, 4.69) is 20.3 Å². The van der Waals surface area contributed by atoms with E-state index in [0.717, 1.165) is 5.69 Å². The first-order valence-corrected chi connectivity index (χ1v) is 10.6. The molecule has 2 atom stereocenters. The van der Waals surface area contributed by atoms with Crippen LogP contribution in [-0.2, 0) is 15.9 Å². The number of aromatic nitrogens is 3. The molecule has 0 radical (unpaired) electrons. The van der Waals surface area contributed by atoms with Crippen molar-refractivity contribution in [3.8, 4) is 0 Å². The number of carbonyl (C=O) groups excluding carboxylic acids is 2. The predicted molar refractivity (Wildman–Crippen MR) is 117 cm³/mol. The fourth-order valence-electron chi connectivity index (χ4n) is 3.80. The molecule has 3 heterocycles. The quantitative estimate of drug-likeness (QED) is 0.537. The van der Waals surface area contributed by atoms with E-state index in [4.69, 9.17) is 25.5 Å². The lowest BCUT2D eigenvalue weighted by Gasteiger charge is -2.37. The Morgan fingerprint density at radius 1 is 1.34 bits per heavy atom. The second-order valence-electron chi connectivity index (χ2n) is 7.44. The molecule has 4 rings (SSSR count). The van der Waals surface area contributed by atoms with Crippen molar-refractivity contribution in [1.82, 2.24) is 20.3 Å². The van der Waals surface area contributed by atoms with Gasteiger partial charge in [0.25, 0.3) is 11.9 Å². The maximum Gasteiger partial charge on any atom is 0.341 e. The van der Waals surface area contributed by atoms with Gasteiger partial charge in [-0.3, -0.25) is 4.79 Å². The van der Waals surface area contributed by atoms with Gasteiger partial charge in [0, 0.05) is 13.7 Å². The van der Waals surface area contributed by atoms with Gasteiger partial charge in [0.1, 0.15) is 11.1 Å². The second-order valence-corrected chi connectivity index (χ2v) is 7.80. The highest BCUT2D eigenvalue weighted by Crippen LogP contribution is 2.28. The first-order chi connectivity index (χ1) is 15.4. The number of nitrogens with one attached hydrogen (secondary N) is 2. The molecule has 2 N–H and O–H groups in total. The number of fused-ring (bicyclic) bond motifs is 1. The number of rotatable bonds is 6. The number of piperidine rings is 1. The number of methoxy groups -OCH3 is 2. The van der Waals surface area contributed by atoms with Crippen molar-refractivity contribution in [2.45, 2.75) is 31.9 Å². The van der Waals surface area contributed by atoms with Crippen LogP contribution in [0.3, 0.4) is 0 Å². The Morgan fingerprint density at radius 3 is 2.84 bits per heavy atom. The Bertz CT molecular complexity index is 1140. The van der Waals surface area contributed by atoms with E-state index in [0.29, 0.717) is 53.8 Å². The van der Waals surface area contributed by atoms with E-state index >= 15 is 0 Å². The third kappa shape index (κ3) is 4.15. The number of carbonyl (C=O) groups is 2. The summed E-state index contributed by atoms with van der Waals surface area (Å²) < 4.78 is 16.4. The number of halogens is 1. The molecule has 1 fully saturated rings. The SMILES string of the molecule is CCc1[nH]c(C(=O)NC2CCN(c3nc4cccc(C(=O)OC)c4o3)CC2OC)nc1Cl. The van der Waals surface area contributed by atoms with E-state index in [1.54, 1.807) is 25.3 Å². The fourth-order valence-corrected chi connectivity index (χ4v) is 4.07. The standard InChI is InChI=1S/C21H24ClN5O5/c1-4-12-17(22)26-18(23-12)19(28)24-13-8-9-27(10-15(13)30-2)21-25-14-7-5-6-11(16(14)32-21)20(29)31-3/h5-7,13,15H,4,8-10H2,1-3H3,(H,23,26)(H,24,28). The zero-order valence-electron chi connectivity index (χ0n) is 18.0. The monoisotopic (exact) mass is 461 g/mol. The molecule has 1 aromatic carbocycles. The van der Waals surface area contributed by atoms with Gasteiger partial charge in [0.05, 0.1) is 31.5 Å². The average Bonchev–Trinajstić information content (AvgIpc) is 3.41. The number of nitrogens with zero attached hydrogens (tertiary/aromatic N) is 3. The van der Waals surface area contributed by atoms with Gasteiger partial charge in [-0.25, -0.2) is 9.78 Å². The van der Waals surface area contributed by atoms with Crippen LogP contribution in [0.15, 0.2) is 22.6 Å². The molecule has 1 saturated heterocycles. The van der Waals surface area contributed by atoms with Crippen LogP contribution in [0.5, 0.6) is 0 Å². The van der Waals surface area contributed by atoms with Crippen LogP contribution in [0.25, 0.3) is 11.1 Å². The number of benzene rings is 1. The van der Waals surface area contributed by atoms with Crippen LogP contribution < -0.4 is 10.2 Å². The summed E-state index contributed by atoms with van der Waals surface area (Å²) in [6.45, 7) is 2.95. The molecule has 0 spiro atoms. The molecule has 0 saturated carbocycles. The van der Waals surface area contributed by atoms with Crippen molar-refractivity contribution in [3.63, 3.8) is 0 Å². The molecule has 11 heteroatoms. The van der Waals surface area contributed by atoms with Gasteiger partial charge in [0.15, 0.2) is 16.6 Å². The Labute approximate surface area is 189 Å². The first kappa shape index (κ1) is 22.1. The van der Waals surface area contributed by atoms with Gasteiger partial charge in [-0.1, -0.05) is 24.6 Å². The number of ether oxygens (including phenoxy) is 2. The Kier molecular flexibility index (Phi) is 6.33. The molecule has 2 unspecified atom stereocenters. The number of H-pyrrole nitrogens is 1. The molecule has 3 aromatic rings. The maximum atomic E-state index is 12.6. The van der Waals surface area contributed by atoms with Crippen molar-refractivity contribution in [3.05, 3.63) is 40.4 Å². The summed E-state index contributed by atoms with van der Waals surface area (Å²) in [6.07, 6.45) is 0.946. The van der Waals surface area contributed by atoms with Gasteiger partial charge >= 0.3 is 5.97 Å². The number of aryl methyl sites for hydroxylation is 1. The Hall–Kier alpha value is -3.11. The maximum absolute atomic E-state index is 12.6. The summed E-state index contributed by atoms with van der Waals surface area (Å²) >= 11 is 6.05. The molecule has 0 bridgehead atoms. The second kappa shape index (κ2) is 9.17. The predicted octanol–water partition coefficient (Wildman–Crippen LogP) is 2.58. The lowest BCUT2D eigenvalue weighted by Crippen LogP contribution is -2.55. The highest BCUT2D eigenvalue weighted by molar-refractivity contribution is 6.30. The Morgan fingerprint density at radius 2 is 2.16 bits per heavy atom. The highest BCUT2D eigenvalue weighted by Gasteiger charge is 2.33. The number of hydrogen-bond donors (Lipinski definition) is 2. The van der Waals surface area contributed by atoms with Crippen LogP contribution in [0.2, 0.25) is 5.15 Å². The summed E-state index contributed by atoms with van der Waals surface area (Å²) in [7, 11) is 2.91. The number of para-hydroxylation sites is 1. The third-order valence-corrected chi connectivity index (χ3v) is 5.87. The van der Waals surface area contributed by atoms with Crippen molar-refractivity contribution < 1.29 is 23.5 Å². The van der Waals surface area contributed by atoms with Crippen LogP contribution in [-0.4, -0.2) is 66.3 Å². The van der Waals surface area contributed by atoms with Crippen molar-refractivity contribution in [2.24, 2.45) is 0 Å². The summed E-state index contributed by atoms with van der Waals surface area (Å²) in [4.78, 5) is 38.2. The van der Waals surface area contributed by atoms with Crippen molar-refractivity contribution >= 4 is 40.6 Å². The molecule has 1 amide bonds. The van der Waals surface area contributed by atoms with Crippen LogP contribution in [0.4, 0.5) is 6.01 Å². The summed E-state index contributed by atoms with van der Waals surface area (Å²) in [5.41, 5.74) is 1.98. The number of oxazole rings is 1. The summed E-state index contributed by atoms with van der Waals surface area (Å²) in [5, 5.41) is 3.28. The van der Waals surface area contributed by atoms with E-state index in [1.807, 2.05) is 11.8 Å². The highest BCUT2D eigenvalue weighted by atomic mass is 35.5. The summed E-state index contributed by atoms with van der Waals surface area (Å²) in [5.74, 6) is -0.645. The summed E-state index contributed by atoms with van der Waals surface area (Å²) in [6, 6.07) is 5.29. The van der Waals surface area contributed by atoms with Crippen LogP contribution in [0.1, 0.15) is 40.0 Å². The van der Waals surface area contributed by atoms with Crippen LogP contribution >= 0.6 is 11.6 Å². The van der Waals surface area contributed by atoms with E-state index < -0.39 is 5.97 Å². The first-order valence-electron chi connectivity index (χ1n) is 10.3. The average molecular weight is 462 g/mol. The lowest BCUT2D eigenvalue weighted by atomic mass is 10.0. The fraction of sp³-hybridized carbons (Fsp3) is 0.429. The molecule has 1 aliphatic heterocycles. The Balaban J connectivity index is 1.48. The van der Waals surface area contributed by atoms with E-state index in [9.17, 15) is 9.59 Å². The van der Waals surface area contributed by atoms with Crippen LogP contribution in [0, 0.1) is 0 Å². The molecular weight excluding hydrogens is 438 g/mol. The number of amides is 1. The normalized spacial score (nSPS) is 18.7. The van der Waals surface area contributed by atoms with E-state index in [-0.39, 0.29) is 23.9 Å². The molecular formula is C21H24ClN5O5. The minimum Gasteiger partial charge on any atom is -0.465 e. The molecule has 1 aliphatic rings. The number of hydrogen-bond acceptors (Lipinski definition) is 8. The van der Waals surface area contributed by atoms with Crippen molar-refractivity contribution in [2.75, 3.05) is 32.2 Å². The number of esters is 1. The molecule has 170 valence electrons. The minimum absolute atomic E-state index is 0.179. The number of aromatic amines is 1. The topological polar surface area (TPSA) is 123 Å². The van der Waals surface area contributed by atoms with Gasteiger partial charge in [-0.2, -0.15) is 4.98 Å².